The van der Waals surface area contributed by atoms with Crippen molar-refractivity contribution in [3.05, 3.63) is 35.6 Å². The van der Waals surface area contributed by atoms with E-state index in [2.05, 4.69) is 0 Å². The van der Waals surface area contributed by atoms with Crippen LogP contribution in [0.4, 0.5) is 4.39 Å². The SMILES string of the molecule is O=C(CCC1CCCC1)Cc1cccc(F)c1. The molecule has 0 unspecified atom stereocenters. The minimum Gasteiger partial charge on any atom is -0.299 e. The first-order valence-corrected chi connectivity index (χ1v) is 6.50. The number of carbonyl (C=O) groups excluding carboxylic acids is 1. The predicted octanol–water partition coefficient (Wildman–Crippen LogP) is 3.91. The van der Waals surface area contributed by atoms with Crippen molar-refractivity contribution in [2.24, 2.45) is 5.92 Å². The molecule has 2 heteroatoms. The molecule has 0 N–H and O–H groups in total. The van der Waals surface area contributed by atoms with E-state index in [0.717, 1.165) is 17.9 Å². The monoisotopic (exact) mass is 234 g/mol. The minimum atomic E-state index is -0.258. The quantitative estimate of drug-likeness (QED) is 0.755. The summed E-state index contributed by atoms with van der Waals surface area (Å²) >= 11 is 0. The average Bonchev–Trinajstić information content (AvgIpc) is 2.79. The van der Waals surface area contributed by atoms with Gasteiger partial charge in [-0.25, -0.2) is 4.39 Å². The van der Waals surface area contributed by atoms with Gasteiger partial charge in [-0.3, -0.25) is 4.79 Å². The van der Waals surface area contributed by atoms with Gasteiger partial charge in [0.2, 0.25) is 0 Å². The Morgan fingerprint density at radius 3 is 2.76 bits per heavy atom. The number of benzene rings is 1. The second-order valence-electron chi connectivity index (χ2n) is 5.03. The van der Waals surface area contributed by atoms with Crippen LogP contribution in [-0.2, 0) is 11.2 Å². The molecule has 0 heterocycles. The second kappa shape index (κ2) is 5.95. The van der Waals surface area contributed by atoms with E-state index in [1.54, 1.807) is 6.07 Å². The van der Waals surface area contributed by atoms with Crippen molar-refractivity contribution >= 4 is 5.78 Å². The van der Waals surface area contributed by atoms with E-state index in [1.807, 2.05) is 6.07 Å². The van der Waals surface area contributed by atoms with Crippen LogP contribution >= 0.6 is 0 Å². The topological polar surface area (TPSA) is 17.1 Å². The van der Waals surface area contributed by atoms with Gasteiger partial charge in [0.15, 0.2) is 0 Å². The maximum Gasteiger partial charge on any atom is 0.137 e. The van der Waals surface area contributed by atoms with E-state index < -0.39 is 0 Å². The van der Waals surface area contributed by atoms with Gasteiger partial charge < -0.3 is 0 Å². The van der Waals surface area contributed by atoms with Crippen LogP contribution in [0.2, 0.25) is 0 Å². The number of ketones is 1. The van der Waals surface area contributed by atoms with Crippen molar-refractivity contribution in [3.63, 3.8) is 0 Å². The van der Waals surface area contributed by atoms with Crippen LogP contribution in [-0.4, -0.2) is 5.78 Å². The molecule has 0 bridgehead atoms. The summed E-state index contributed by atoms with van der Waals surface area (Å²) in [5.41, 5.74) is 0.793. The number of hydrogen-bond donors (Lipinski definition) is 0. The molecule has 1 aromatic carbocycles. The molecule has 1 nitrogen and oxygen atoms in total. The van der Waals surface area contributed by atoms with Gasteiger partial charge in [-0.1, -0.05) is 37.8 Å². The van der Waals surface area contributed by atoms with E-state index in [4.69, 9.17) is 0 Å². The summed E-state index contributed by atoms with van der Waals surface area (Å²) in [6.45, 7) is 0. The highest BCUT2D eigenvalue weighted by Crippen LogP contribution is 2.28. The molecule has 0 saturated heterocycles. The summed E-state index contributed by atoms with van der Waals surface area (Å²) in [7, 11) is 0. The summed E-state index contributed by atoms with van der Waals surface area (Å²) in [6.07, 6.45) is 7.27. The van der Waals surface area contributed by atoms with Crippen LogP contribution in [0.1, 0.15) is 44.1 Å². The Balaban J connectivity index is 1.76. The fourth-order valence-corrected chi connectivity index (χ4v) is 2.63. The second-order valence-corrected chi connectivity index (χ2v) is 5.03. The van der Waals surface area contributed by atoms with Crippen LogP contribution in [0.15, 0.2) is 24.3 Å². The van der Waals surface area contributed by atoms with Crippen LogP contribution in [0.25, 0.3) is 0 Å². The molecule has 1 aliphatic carbocycles. The van der Waals surface area contributed by atoms with Gasteiger partial charge in [0.25, 0.3) is 0 Å². The molecule has 0 aromatic heterocycles. The van der Waals surface area contributed by atoms with Crippen molar-refractivity contribution in [1.29, 1.82) is 0 Å². The molecule has 1 saturated carbocycles. The van der Waals surface area contributed by atoms with Gasteiger partial charge in [-0.05, 0) is 30.0 Å². The fraction of sp³-hybridized carbons (Fsp3) is 0.533. The van der Waals surface area contributed by atoms with Gasteiger partial charge in [0.1, 0.15) is 11.6 Å². The first-order chi connectivity index (χ1) is 8.24. The van der Waals surface area contributed by atoms with Gasteiger partial charge >= 0.3 is 0 Å². The van der Waals surface area contributed by atoms with Crippen LogP contribution in [0.5, 0.6) is 0 Å². The molecule has 2 rings (SSSR count). The number of carbonyl (C=O) groups is 1. The third-order valence-electron chi connectivity index (χ3n) is 3.60. The lowest BCUT2D eigenvalue weighted by Gasteiger charge is -2.07. The van der Waals surface area contributed by atoms with Gasteiger partial charge in [0, 0.05) is 12.8 Å². The maximum atomic E-state index is 12.9. The molecule has 1 aromatic rings. The lowest BCUT2D eigenvalue weighted by atomic mass is 9.98. The highest BCUT2D eigenvalue weighted by atomic mass is 19.1. The van der Waals surface area contributed by atoms with E-state index >= 15 is 0 Å². The highest BCUT2D eigenvalue weighted by molar-refractivity contribution is 5.80. The molecular formula is C15H19FO. The normalized spacial score (nSPS) is 16.3. The Kier molecular flexibility index (Phi) is 4.29. The Bertz CT molecular complexity index is 380. The smallest absolute Gasteiger partial charge is 0.137 e. The zero-order valence-corrected chi connectivity index (χ0v) is 10.1. The summed E-state index contributed by atoms with van der Waals surface area (Å²) in [4.78, 5) is 11.8. The zero-order chi connectivity index (χ0) is 12.1. The molecule has 0 atom stereocenters. The standard InChI is InChI=1S/C15H19FO/c16-14-7-3-6-13(10-14)11-15(17)9-8-12-4-1-2-5-12/h3,6-7,10,12H,1-2,4-5,8-9,11H2. The van der Waals surface area contributed by atoms with Crippen molar-refractivity contribution in [3.8, 4) is 0 Å². The van der Waals surface area contributed by atoms with Crippen LogP contribution < -0.4 is 0 Å². The average molecular weight is 234 g/mol. The number of Topliss-reactive ketones (excluding diaryl/α,β-unsaturated/α-hetero) is 1. The molecule has 0 radical (unpaired) electrons. The Hall–Kier alpha value is -1.18. The van der Waals surface area contributed by atoms with Crippen LogP contribution in [0.3, 0.4) is 0 Å². The molecule has 0 aliphatic heterocycles. The first-order valence-electron chi connectivity index (χ1n) is 6.50. The highest BCUT2D eigenvalue weighted by Gasteiger charge is 2.16. The van der Waals surface area contributed by atoms with Crippen molar-refractivity contribution in [2.75, 3.05) is 0 Å². The molecule has 0 amide bonds. The summed E-state index contributed by atoms with van der Waals surface area (Å²) in [5.74, 6) is 0.736. The Morgan fingerprint density at radius 1 is 1.29 bits per heavy atom. The lowest BCUT2D eigenvalue weighted by Crippen LogP contribution is -2.05. The third kappa shape index (κ3) is 3.95. The van der Waals surface area contributed by atoms with E-state index in [1.165, 1.54) is 37.8 Å². The Morgan fingerprint density at radius 2 is 2.06 bits per heavy atom. The van der Waals surface area contributed by atoms with E-state index in [0.29, 0.717) is 12.8 Å². The molecule has 92 valence electrons. The predicted molar refractivity (Wildman–Crippen MR) is 66.3 cm³/mol. The minimum absolute atomic E-state index is 0.238. The van der Waals surface area contributed by atoms with Crippen molar-refractivity contribution in [2.45, 2.75) is 44.9 Å². The van der Waals surface area contributed by atoms with E-state index in [9.17, 15) is 9.18 Å². The zero-order valence-electron chi connectivity index (χ0n) is 10.1. The lowest BCUT2D eigenvalue weighted by molar-refractivity contribution is -0.118. The molecule has 1 aliphatic rings. The van der Waals surface area contributed by atoms with Gasteiger partial charge in [-0.15, -0.1) is 0 Å². The molecular weight excluding hydrogens is 215 g/mol. The summed E-state index contributed by atoms with van der Waals surface area (Å²) in [6, 6.07) is 6.34. The van der Waals surface area contributed by atoms with Crippen molar-refractivity contribution < 1.29 is 9.18 Å². The van der Waals surface area contributed by atoms with E-state index in [-0.39, 0.29) is 11.6 Å². The first kappa shape index (κ1) is 12.3. The summed E-state index contributed by atoms with van der Waals surface area (Å²) < 4.78 is 12.9. The summed E-state index contributed by atoms with van der Waals surface area (Å²) in [5, 5.41) is 0. The Labute approximate surface area is 102 Å². The molecule has 0 spiro atoms. The number of rotatable bonds is 5. The van der Waals surface area contributed by atoms with Crippen molar-refractivity contribution in [1.82, 2.24) is 0 Å². The third-order valence-corrected chi connectivity index (χ3v) is 3.60. The number of hydrogen-bond acceptors (Lipinski definition) is 1. The van der Waals surface area contributed by atoms with Gasteiger partial charge in [-0.2, -0.15) is 0 Å². The maximum absolute atomic E-state index is 12.9. The fourth-order valence-electron chi connectivity index (χ4n) is 2.63. The molecule has 17 heavy (non-hydrogen) atoms. The van der Waals surface area contributed by atoms with Gasteiger partial charge in [0.05, 0.1) is 0 Å². The van der Waals surface area contributed by atoms with Crippen LogP contribution in [0, 0.1) is 11.7 Å². The largest absolute Gasteiger partial charge is 0.299 e. The number of halogens is 1. The molecule has 1 fully saturated rings.